The Morgan fingerprint density at radius 2 is 1.73 bits per heavy atom. The summed E-state index contributed by atoms with van der Waals surface area (Å²) in [4.78, 5) is 23.2. The molecule has 8 heteroatoms. The summed E-state index contributed by atoms with van der Waals surface area (Å²) in [5, 5.41) is 0. The molecule has 1 atom stereocenters. The third kappa shape index (κ3) is 4.12. The number of benzene rings is 2. The van der Waals surface area contributed by atoms with Crippen LogP contribution in [0.1, 0.15) is 28.7 Å². The van der Waals surface area contributed by atoms with Gasteiger partial charge in [0.1, 0.15) is 17.7 Å². The number of rotatable bonds is 3. The minimum Gasteiger partial charge on any atom is -0.488 e. The lowest BCUT2D eigenvalue weighted by molar-refractivity contribution is -0.137. The molecule has 0 aliphatic carbocycles. The zero-order valence-corrected chi connectivity index (χ0v) is 16.1. The molecule has 0 fully saturated rings. The second-order valence-electron chi connectivity index (χ2n) is 7.07. The molecule has 4 rings (SSSR count). The van der Waals surface area contributed by atoms with Crippen LogP contribution in [0.25, 0.3) is 11.1 Å². The van der Waals surface area contributed by atoms with Crippen molar-refractivity contribution in [3.8, 4) is 16.9 Å². The predicted octanol–water partition coefficient (Wildman–Crippen LogP) is 4.59. The van der Waals surface area contributed by atoms with E-state index in [2.05, 4.69) is 9.97 Å². The fourth-order valence-corrected chi connectivity index (χ4v) is 3.37. The minimum absolute atomic E-state index is 0.233. The first-order chi connectivity index (χ1) is 14.3. The van der Waals surface area contributed by atoms with Gasteiger partial charge in [-0.25, -0.2) is 9.97 Å². The number of nitrogens with zero attached hydrogens (tertiary/aromatic N) is 3. The Hall–Kier alpha value is -3.42. The fourth-order valence-electron chi connectivity index (χ4n) is 3.37. The molecule has 3 aromatic rings. The molecular weight excluding hydrogens is 395 g/mol. The van der Waals surface area contributed by atoms with Crippen LogP contribution < -0.4 is 4.74 Å². The number of fused-ring (bicyclic) bond motifs is 1. The lowest BCUT2D eigenvalue weighted by Crippen LogP contribution is -2.35. The molecule has 0 radical (unpaired) electrons. The second kappa shape index (κ2) is 7.78. The van der Waals surface area contributed by atoms with Gasteiger partial charge in [0, 0.05) is 12.4 Å². The van der Waals surface area contributed by atoms with Gasteiger partial charge in [-0.3, -0.25) is 4.79 Å². The summed E-state index contributed by atoms with van der Waals surface area (Å²) < 4.78 is 44.4. The summed E-state index contributed by atoms with van der Waals surface area (Å²) in [6.45, 7) is 2.46. The maximum Gasteiger partial charge on any atom is 0.416 e. The average Bonchev–Trinajstić information content (AvgIpc) is 2.84. The molecule has 0 bridgehead atoms. The lowest BCUT2D eigenvalue weighted by Gasteiger charge is -2.21. The normalized spacial score (nSPS) is 16.6. The highest BCUT2D eigenvalue weighted by Crippen LogP contribution is 2.33. The van der Waals surface area contributed by atoms with Crippen LogP contribution in [0.4, 0.5) is 13.2 Å². The Bertz CT molecular complexity index is 1050. The van der Waals surface area contributed by atoms with Crippen LogP contribution in [-0.4, -0.2) is 33.4 Å². The van der Waals surface area contributed by atoms with E-state index in [-0.39, 0.29) is 18.6 Å². The zero-order chi connectivity index (χ0) is 21.3. The third-order valence-electron chi connectivity index (χ3n) is 4.80. The molecule has 2 aromatic carbocycles. The molecule has 30 heavy (non-hydrogen) atoms. The summed E-state index contributed by atoms with van der Waals surface area (Å²) in [5.74, 6) is 0.718. The molecule has 0 spiro atoms. The van der Waals surface area contributed by atoms with Crippen molar-refractivity contribution >= 4 is 5.91 Å². The number of halogens is 3. The predicted molar refractivity (Wildman–Crippen MR) is 104 cm³/mol. The topological polar surface area (TPSA) is 55.3 Å². The maximum atomic E-state index is 13.2. The van der Waals surface area contributed by atoms with Gasteiger partial charge in [0.15, 0.2) is 0 Å². The van der Waals surface area contributed by atoms with Gasteiger partial charge in [0.2, 0.25) is 0 Å². The van der Waals surface area contributed by atoms with Crippen molar-refractivity contribution in [2.24, 2.45) is 0 Å². The van der Waals surface area contributed by atoms with Crippen LogP contribution in [0, 0.1) is 0 Å². The van der Waals surface area contributed by atoms with E-state index >= 15 is 0 Å². The summed E-state index contributed by atoms with van der Waals surface area (Å²) in [5.41, 5.74) is 0.842. The molecule has 1 amide bonds. The van der Waals surface area contributed by atoms with Crippen molar-refractivity contribution in [2.45, 2.75) is 25.7 Å². The SMILES string of the molecule is C[C@@H]1CN(Cc2ncccn2)C(=O)c2cc(-c3ccc(C(F)(F)F)cc3)ccc2O1. The zero-order valence-electron chi connectivity index (χ0n) is 16.1. The fraction of sp³-hybridized carbons (Fsp3) is 0.227. The van der Waals surface area contributed by atoms with Crippen molar-refractivity contribution in [1.29, 1.82) is 0 Å². The summed E-state index contributed by atoms with van der Waals surface area (Å²) >= 11 is 0. The number of alkyl halides is 3. The van der Waals surface area contributed by atoms with Gasteiger partial charge in [-0.2, -0.15) is 13.2 Å². The van der Waals surface area contributed by atoms with Crippen LogP contribution >= 0.6 is 0 Å². The number of carbonyl (C=O) groups excluding carboxylic acids is 1. The van der Waals surface area contributed by atoms with Gasteiger partial charge < -0.3 is 9.64 Å². The number of aromatic nitrogens is 2. The lowest BCUT2D eigenvalue weighted by atomic mass is 10.0. The number of amides is 1. The Morgan fingerprint density at radius 3 is 2.40 bits per heavy atom. The molecular formula is C22H18F3N3O2. The molecule has 1 aliphatic rings. The summed E-state index contributed by atoms with van der Waals surface area (Å²) in [6.07, 6.45) is -1.41. The first kappa shape index (κ1) is 19.9. The second-order valence-corrected chi connectivity index (χ2v) is 7.07. The molecule has 154 valence electrons. The Kier molecular flexibility index (Phi) is 5.15. The average molecular weight is 413 g/mol. The Labute approximate surface area is 171 Å². The third-order valence-corrected chi connectivity index (χ3v) is 4.80. The van der Waals surface area contributed by atoms with Gasteiger partial charge in [0.25, 0.3) is 5.91 Å². The van der Waals surface area contributed by atoms with E-state index in [1.165, 1.54) is 12.1 Å². The van der Waals surface area contributed by atoms with E-state index in [0.717, 1.165) is 12.1 Å². The Balaban J connectivity index is 1.66. The van der Waals surface area contributed by atoms with Crippen LogP contribution in [-0.2, 0) is 12.7 Å². The summed E-state index contributed by atoms with van der Waals surface area (Å²) in [6, 6.07) is 11.6. The van der Waals surface area contributed by atoms with Crippen molar-refractivity contribution in [1.82, 2.24) is 14.9 Å². The van der Waals surface area contributed by atoms with Gasteiger partial charge in [0.05, 0.1) is 24.2 Å². The van der Waals surface area contributed by atoms with E-state index in [9.17, 15) is 18.0 Å². The molecule has 1 aromatic heterocycles. The maximum absolute atomic E-state index is 13.2. The minimum atomic E-state index is -4.40. The summed E-state index contributed by atoms with van der Waals surface area (Å²) in [7, 11) is 0. The molecule has 0 unspecified atom stereocenters. The molecule has 2 heterocycles. The van der Waals surface area contributed by atoms with Crippen LogP contribution in [0.5, 0.6) is 5.75 Å². The van der Waals surface area contributed by atoms with E-state index < -0.39 is 11.7 Å². The monoisotopic (exact) mass is 413 g/mol. The smallest absolute Gasteiger partial charge is 0.416 e. The van der Waals surface area contributed by atoms with Crippen molar-refractivity contribution < 1.29 is 22.7 Å². The molecule has 0 saturated heterocycles. The van der Waals surface area contributed by atoms with Crippen molar-refractivity contribution in [3.63, 3.8) is 0 Å². The van der Waals surface area contributed by atoms with Gasteiger partial charge in [-0.05, 0) is 48.4 Å². The standard InChI is InChI=1S/C22H18F3N3O2/c1-14-12-28(13-20-26-9-2-10-27-20)21(29)18-11-16(5-8-19(18)30-14)15-3-6-17(7-4-15)22(23,24)25/h2-11,14H,12-13H2,1H3/t14-/m1/s1. The van der Waals surface area contributed by atoms with E-state index in [0.29, 0.717) is 34.8 Å². The first-order valence-corrected chi connectivity index (χ1v) is 9.35. The first-order valence-electron chi connectivity index (χ1n) is 9.35. The van der Waals surface area contributed by atoms with Crippen LogP contribution in [0.3, 0.4) is 0 Å². The highest BCUT2D eigenvalue weighted by molar-refractivity contribution is 5.98. The molecule has 5 nitrogen and oxygen atoms in total. The molecule has 1 aliphatic heterocycles. The van der Waals surface area contributed by atoms with Crippen molar-refractivity contribution in [2.75, 3.05) is 6.54 Å². The van der Waals surface area contributed by atoms with Gasteiger partial charge >= 0.3 is 6.18 Å². The number of carbonyl (C=O) groups is 1. The van der Waals surface area contributed by atoms with Crippen LogP contribution in [0.15, 0.2) is 60.9 Å². The molecule has 0 N–H and O–H groups in total. The van der Waals surface area contributed by atoms with E-state index in [1.807, 2.05) is 6.92 Å². The number of hydrogen-bond donors (Lipinski definition) is 0. The Morgan fingerprint density at radius 1 is 1.07 bits per heavy atom. The number of hydrogen-bond acceptors (Lipinski definition) is 4. The van der Waals surface area contributed by atoms with E-state index in [1.54, 1.807) is 41.6 Å². The highest BCUT2D eigenvalue weighted by atomic mass is 19.4. The largest absolute Gasteiger partial charge is 0.488 e. The van der Waals surface area contributed by atoms with Gasteiger partial charge in [-0.15, -0.1) is 0 Å². The van der Waals surface area contributed by atoms with Crippen molar-refractivity contribution in [3.05, 3.63) is 77.9 Å². The number of ether oxygens (including phenoxy) is 1. The van der Waals surface area contributed by atoms with E-state index in [4.69, 9.17) is 4.74 Å². The highest BCUT2D eigenvalue weighted by Gasteiger charge is 2.30. The quantitative estimate of drug-likeness (QED) is 0.631. The van der Waals surface area contributed by atoms with Crippen LogP contribution in [0.2, 0.25) is 0 Å². The van der Waals surface area contributed by atoms with Gasteiger partial charge in [-0.1, -0.05) is 18.2 Å². The molecule has 0 saturated carbocycles.